The van der Waals surface area contributed by atoms with Crippen LogP contribution in [-0.4, -0.2) is 24.9 Å². The van der Waals surface area contributed by atoms with Gasteiger partial charge in [-0.3, -0.25) is 9.59 Å². The standard InChI is InChI=1S/C19H20N4O2S/c1-3-23(4-2)16-9-5-14(6-10-16)21-18(24)19(25)22-15-7-11-17(12-8-15)26-13-20/h5-12H,3-4H2,1-2H3,(H,21,24)(H,22,25). The van der Waals surface area contributed by atoms with Crippen molar-refractivity contribution in [3.63, 3.8) is 0 Å². The molecule has 0 unspecified atom stereocenters. The van der Waals surface area contributed by atoms with Gasteiger partial charge >= 0.3 is 11.8 Å². The van der Waals surface area contributed by atoms with Gasteiger partial charge < -0.3 is 15.5 Å². The number of anilines is 3. The Morgan fingerprint density at radius 2 is 1.38 bits per heavy atom. The van der Waals surface area contributed by atoms with Crippen LogP contribution < -0.4 is 15.5 Å². The van der Waals surface area contributed by atoms with E-state index < -0.39 is 11.8 Å². The van der Waals surface area contributed by atoms with Crippen LogP contribution in [0.5, 0.6) is 0 Å². The highest BCUT2D eigenvalue weighted by Crippen LogP contribution is 2.20. The first-order valence-corrected chi connectivity index (χ1v) is 9.02. The lowest BCUT2D eigenvalue weighted by Crippen LogP contribution is -2.29. The number of benzene rings is 2. The van der Waals surface area contributed by atoms with Crippen molar-refractivity contribution in [1.29, 1.82) is 5.26 Å². The highest BCUT2D eigenvalue weighted by Gasteiger charge is 2.14. The van der Waals surface area contributed by atoms with Gasteiger partial charge in [-0.1, -0.05) is 0 Å². The van der Waals surface area contributed by atoms with Crippen molar-refractivity contribution in [2.75, 3.05) is 28.6 Å². The molecular formula is C19H20N4O2S. The van der Waals surface area contributed by atoms with Crippen LogP contribution in [0.25, 0.3) is 0 Å². The van der Waals surface area contributed by atoms with E-state index in [1.165, 1.54) is 0 Å². The molecule has 0 atom stereocenters. The minimum atomic E-state index is -0.751. The SMILES string of the molecule is CCN(CC)c1ccc(NC(=O)C(=O)Nc2ccc(SC#N)cc2)cc1. The molecule has 0 saturated heterocycles. The molecule has 0 aliphatic heterocycles. The van der Waals surface area contributed by atoms with Crippen molar-refractivity contribution in [3.8, 4) is 5.40 Å². The largest absolute Gasteiger partial charge is 0.372 e. The van der Waals surface area contributed by atoms with Gasteiger partial charge in [-0.05, 0) is 74.1 Å². The average Bonchev–Trinajstić information content (AvgIpc) is 2.66. The first-order chi connectivity index (χ1) is 12.6. The summed E-state index contributed by atoms with van der Waals surface area (Å²) in [7, 11) is 0. The van der Waals surface area contributed by atoms with Gasteiger partial charge in [0.1, 0.15) is 5.40 Å². The molecule has 7 heteroatoms. The van der Waals surface area contributed by atoms with Gasteiger partial charge in [0, 0.05) is 35.0 Å². The normalized spacial score (nSPS) is 9.88. The number of nitrogens with one attached hydrogen (secondary N) is 2. The lowest BCUT2D eigenvalue weighted by atomic mass is 10.2. The summed E-state index contributed by atoms with van der Waals surface area (Å²) in [5, 5.41) is 15.7. The lowest BCUT2D eigenvalue weighted by Gasteiger charge is -2.21. The highest BCUT2D eigenvalue weighted by molar-refractivity contribution is 8.03. The maximum Gasteiger partial charge on any atom is 0.314 e. The Morgan fingerprint density at radius 1 is 0.923 bits per heavy atom. The van der Waals surface area contributed by atoms with Crippen LogP contribution in [0.4, 0.5) is 17.1 Å². The van der Waals surface area contributed by atoms with E-state index in [2.05, 4.69) is 29.4 Å². The van der Waals surface area contributed by atoms with E-state index in [9.17, 15) is 9.59 Å². The van der Waals surface area contributed by atoms with Gasteiger partial charge in [0.05, 0.1) is 0 Å². The van der Waals surface area contributed by atoms with Crippen molar-refractivity contribution in [2.24, 2.45) is 0 Å². The molecule has 0 bridgehead atoms. The molecule has 2 amide bonds. The number of hydrogen-bond acceptors (Lipinski definition) is 5. The van der Waals surface area contributed by atoms with Gasteiger partial charge in [-0.15, -0.1) is 0 Å². The van der Waals surface area contributed by atoms with E-state index >= 15 is 0 Å². The first kappa shape index (κ1) is 19.3. The summed E-state index contributed by atoms with van der Waals surface area (Å²) in [6.07, 6.45) is 0. The Morgan fingerprint density at radius 3 is 1.81 bits per heavy atom. The average molecular weight is 368 g/mol. The minimum Gasteiger partial charge on any atom is -0.372 e. The van der Waals surface area contributed by atoms with Crippen molar-refractivity contribution in [3.05, 3.63) is 48.5 Å². The third-order valence-electron chi connectivity index (χ3n) is 3.74. The second kappa shape index (κ2) is 9.49. The third kappa shape index (κ3) is 5.26. The van der Waals surface area contributed by atoms with Gasteiger partial charge in [-0.25, -0.2) is 0 Å². The number of amides is 2. The third-order valence-corrected chi connectivity index (χ3v) is 4.33. The summed E-state index contributed by atoms with van der Waals surface area (Å²) in [5.41, 5.74) is 2.11. The fourth-order valence-corrected chi connectivity index (χ4v) is 2.76. The maximum absolute atomic E-state index is 12.0. The molecular weight excluding hydrogens is 348 g/mol. The second-order valence-electron chi connectivity index (χ2n) is 5.35. The summed E-state index contributed by atoms with van der Waals surface area (Å²) in [5.74, 6) is -1.49. The smallest absolute Gasteiger partial charge is 0.314 e. The molecule has 2 N–H and O–H groups in total. The zero-order chi connectivity index (χ0) is 18.9. The Hall–Kier alpha value is -2.98. The van der Waals surface area contributed by atoms with E-state index in [0.717, 1.165) is 35.4 Å². The van der Waals surface area contributed by atoms with E-state index in [-0.39, 0.29) is 0 Å². The summed E-state index contributed by atoms with van der Waals surface area (Å²) in [6, 6.07) is 14.0. The second-order valence-corrected chi connectivity index (χ2v) is 6.20. The summed E-state index contributed by atoms with van der Waals surface area (Å²) in [4.78, 5) is 27.0. The number of carbonyl (C=O) groups is 2. The van der Waals surface area contributed by atoms with Crippen LogP contribution in [0.1, 0.15) is 13.8 Å². The van der Waals surface area contributed by atoms with Gasteiger partial charge in [0.15, 0.2) is 0 Å². The predicted molar refractivity (Wildman–Crippen MR) is 105 cm³/mol. The van der Waals surface area contributed by atoms with Crippen molar-refractivity contribution in [1.82, 2.24) is 0 Å². The number of thioether (sulfide) groups is 1. The molecule has 0 aliphatic rings. The number of thiocyanates is 1. The number of nitrogens with zero attached hydrogens (tertiary/aromatic N) is 2. The topological polar surface area (TPSA) is 85.2 Å². The number of carbonyl (C=O) groups excluding carboxylic acids is 2. The Balaban J connectivity index is 1.94. The zero-order valence-corrected chi connectivity index (χ0v) is 15.5. The van der Waals surface area contributed by atoms with Crippen LogP contribution >= 0.6 is 11.8 Å². The maximum atomic E-state index is 12.0. The van der Waals surface area contributed by atoms with Crippen molar-refractivity contribution in [2.45, 2.75) is 18.7 Å². The predicted octanol–water partition coefficient (Wildman–Crippen LogP) is 3.68. The molecule has 6 nitrogen and oxygen atoms in total. The highest BCUT2D eigenvalue weighted by atomic mass is 32.2. The number of rotatable bonds is 6. The molecule has 2 aromatic carbocycles. The molecule has 0 spiro atoms. The lowest BCUT2D eigenvalue weighted by molar-refractivity contribution is -0.132. The molecule has 0 fully saturated rings. The Labute approximate surface area is 157 Å². The molecule has 0 radical (unpaired) electrons. The van der Waals surface area contributed by atoms with E-state index in [0.29, 0.717) is 11.4 Å². The molecule has 0 aliphatic carbocycles. The summed E-state index contributed by atoms with van der Waals surface area (Å²) >= 11 is 1.03. The van der Waals surface area contributed by atoms with Gasteiger partial charge in [0.25, 0.3) is 0 Å². The monoisotopic (exact) mass is 368 g/mol. The number of nitriles is 1. The van der Waals surface area contributed by atoms with Crippen LogP contribution in [0.15, 0.2) is 53.4 Å². The number of hydrogen-bond donors (Lipinski definition) is 2. The van der Waals surface area contributed by atoms with Gasteiger partial charge in [0.2, 0.25) is 0 Å². The zero-order valence-electron chi connectivity index (χ0n) is 14.7. The van der Waals surface area contributed by atoms with Crippen molar-refractivity contribution >= 4 is 40.6 Å². The van der Waals surface area contributed by atoms with E-state index in [1.54, 1.807) is 36.4 Å². The summed E-state index contributed by atoms with van der Waals surface area (Å²) in [6.45, 7) is 5.96. The van der Waals surface area contributed by atoms with Crippen LogP contribution in [-0.2, 0) is 9.59 Å². The molecule has 134 valence electrons. The molecule has 2 aromatic rings. The molecule has 0 saturated carbocycles. The van der Waals surface area contributed by atoms with Crippen molar-refractivity contribution < 1.29 is 9.59 Å². The molecule has 2 rings (SSSR count). The van der Waals surface area contributed by atoms with E-state index in [4.69, 9.17) is 5.26 Å². The minimum absolute atomic E-state index is 0.490. The molecule has 26 heavy (non-hydrogen) atoms. The quantitative estimate of drug-likeness (QED) is 0.461. The fourth-order valence-electron chi connectivity index (χ4n) is 2.38. The van der Waals surface area contributed by atoms with E-state index in [1.807, 2.05) is 17.5 Å². The van der Waals surface area contributed by atoms with Crippen LogP contribution in [0.3, 0.4) is 0 Å². The fraction of sp³-hybridized carbons (Fsp3) is 0.211. The van der Waals surface area contributed by atoms with Crippen LogP contribution in [0.2, 0.25) is 0 Å². The first-order valence-electron chi connectivity index (χ1n) is 8.20. The summed E-state index contributed by atoms with van der Waals surface area (Å²) < 4.78 is 0. The van der Waals surface area contributed by atoms with Crippen LogP contribution in [0, 0.1) is 10.7 Å². The Kier molecular flexibility index (Phi) is 7.06. The Bertz CT molecular complexity index is 794. The van der Waals surface area contributed by atoms with Gasteiger partial charge in [-0.2, -0.15) is 5.26 Å². The molecule has 0 heterocycles. The molecule has 0 aromatic heterocycles.